The number of rotatable bonds is 12. The molecule has 1 aliphatic carbocycles. The van der Waals surface area contributed by atoms with Crippen molar-refractivity contribution in [3.63, 3.8) is 0 Å². The van der Waals surface area contributed by atoms with Crippen molar-refractivity contribution in [3.05, 3.63) is 93.1 Å². The number of hydrogen-bond donors (Lipinski definition) is 4. The quantitative estimate of drug-likeness (QED) is 0.102. The number of aliphatic hydroxyl groups is 1. The van der Waals surface area contributed by atoms with E-state index in [9.17, 15) is 5.11 Å². The SMILES string of the molecule is C[C@H](Nc1cc(NCc2cccnc2)n2ncc(Br)c2n1)C(C)(C)c1ccc(CNc2cc(N3CC4CC(C)(C)[C@@H]4[C@H]3CO)nc3c(Br)cnn23)cn1. The zero-order chi connectivity index (χ0) is 37.1. The lowest BCUT2D eigenvalue weighted by molar-refractivity contribution is -0.00127. The van der Waals surface area contributed by atoms with Gasteiger partial charge < -0.3 is 26.0 Å². The van der Waals surface area contributed by atoms with Crippen LogP contribution in [0.2, 0.25) is 0 Å². The minimum Gasteiger partial charge on any atom is -0.394 e. The number of halogens is 2. The third-order valence-corrected chi connectivity index (χ3v) is 12.5. The van der Waals surface area contributed by atoms with Crippen LogP contribution < -0.4 is 20.9 Å². The molecule has 2 aliphatic rings. The van der Waals surface area contributed by atoms with Crippen LogP contribution in [0, 0.1) is 17.3 Å². The summed E-state index contributed by atoms with van der Waals surface area (Å²) >= 11 is 7.25. The molecule has 0 spiro atoms. The normalized spacial score (nSPS) is 20.0. The van der Waals surface area contributed by atoms with Gasteiger partial charge in [-0.3, -0.25) is 9.97 Å². The highest BCUT2D eigenvalue weighted by Gasteiger charge is 2.57. The van der Waals surface area contributed by atoms with Gasteiger partial charge in [-0.25, -0.2) is 9.97 Å². The van der Waals surface area contributed by atoms with Crippen LogP contribution in [0.1, 0.15) is 57.9 Å². The Morgan fingerprint density at radius 1 is 0.925 bits per heavy atom. The van der Waals surface area contributed by atoms with E-state index in [4.69, 9.17) is 15.0 Å². The average Bonchev–Trinajstić information content (AvgIpc) is 3.82. The summed E-state index contributed by atoms with van der Waals surface area (Å²) in [5.74, 6) is 4.27. The number of nitrogens with zero attached hydrogens (tertiary/aromatic N) is 9. The molecular formula is C38H44Br2N12O. The molecule has 0 radical (unpaired) electrons. The van der Waals surface area contributed by atoms with Crippen molar-refractivity contribution in [2.24, 2.45) is 17.3 Å². The van der Waals surface area contributed by atoms with E-state index in [1.54, 1.807) is 23.1 Å². The molecule has 53 heavy (non-hydrogen) atoms. The van der Waals surface area contributed by atoms with Crippen molar-refractivity contribution in [2.75, 3.05) is 34.0 Å². The molecule has 13 nitrogen and oxygen atoms in total. The van der Waals surface area contributed by atoms with E-state index in [-0.39, 0.29) is 29.5 Å². The maximum absolute atomic E-state index is 10.5. The van der Waals surface area contributed by atoms with Gasteiger partial charge in [0.05, 0.1) is 34.0 Å². The van der Waals surface area contributed by atoms with Gasteiger partial charge in [0.2, 0.25) is 0 Å². The van der Waals surface area contributed by atoms with Gasteiger partial charge in [-0.15, -0.1) is 0 Å². The van der Waals surface area contributed by atoms with E-state index in [0.29, 0.717) is 24.9 Å². The van der Waals surface area contributed by atoms with Crippen LogP contribution in [0.15, 0.2) is 76.3 Å². The number of aliphatic hydroxyl groups excluding tert-OH is 1. The maximum atomic E-state index is 10.5. The Labute approximate surface area is 325 Å². The van der Waals surface area contributed by atoms with Crippen molar-refractivity contribution >= 4 is 66.4 Å². The van der Waals surface area contributed by atoms with Crippen LogP contribution in [0.3, 0.4) is 0 Å². The smallest absolute Gasteiger partial charge is 0.173 e. The second-order valence-corrected chi connectivity index (χ2v) is 17.3. The van der Waals surface area contributed by atoms with Gasteiger partial charge in [0, 0.05) is 67.5 Å². The fourth-order valence-corrected chi connectivity index (χ4v) is 8.94. The van der Waals surface area contributed by atoms with Gasteiger partial charge >= 0.3 is 0 Å². The lowest BCUT2D eigenvalue weighted by Crippen LogP contribution is -2.48. The Bertz CT molecular complexity index is 2260. The van der Waals surface area contributed by atoms with E-state index >= 15 is 0 Å². The lowest BCUT2D eigenvalue weighted by Gasteiger charge is -2.49. The first-order chi connectivity index (χ1) is 25.4. The van der Waals surface area contributed by atoms with Crippen molar-refractivity contribution in [2.45, 2.75) is 71.6 Å². The summed E-state index contributed by atoms with van der Waals surface area (Å²) in [6, 6.07) is 12.3. The Balaban J connectivity index is 0.971. The first-order valence-corrected chi connectivity index (χ1v) is 19.6. The topological polar surface area (TPSA) is 146 Å². The minimum atomic E-state index is -0.332. The van der Waals surface area contributed by atoms with E-state index in [1.807, 2.05) is 35.1 Å². The van der Waals surface area contributed by atoms with Crippen LogP contribution in [0.5, 0.6) is 0 Å². The Morgan fingerprint density at radius 3 is 2.23 bits per heavy atom. The molecule has 0 amide bonds. The fourth-order valence-electron chi connectivity index (χ4n) is 8.24. The molecular weight excluding hydrogens is 800 g/mol. The molecule has 1 saturated carbocycles. The van der Waals surface area contributed by atoms with Gasteiger partial charge in [0.25, 0.3) is 0 Å². The predicted molar refractivity (Wildman–Crippen MR) is 214 cm³/mol. The second-order valence-electron chi connectivity index (χ2n) is 15.6. The molecule has 1 aliphatic heterocycles. The van der Waals surface area contributed by atoms with Gasteiger partial charge in [-0.2, -0.15) is 19.2 Å². The molecule has 15 heteroatoms. The fraction of sp³-hybridized carbons (Fsp3) is 0.421. The highest BCUT2D eigenvalue weighted by Crippen LogP contribution is 2.57. The summed E-state index contributed by atoms with van der Waals surface area (Å²) in [5, 5.41) is 30.3. The zero-order valence-electron chi connectivity index (χ0n) is 30.4. The van der Waals surface area contributed by atoms with Gasteiger partial charge in [-0.05, 0) is 85.7 Å². The number of anilines is 4. The summed E-state index contributed by atoms with van der Waals surface area (Å²) in [4.78, 5) is 21.3. The van der Waals surface area contributed by atoms with Gasteiger partial charge in [-0.1, -0.05) is 39.8 Å². The van der Waals surface area contributed by atoms with E-state index in [2.05, 4.69) is 121 Å². The maximum Gasteiger partial charge on any atom is 0.173 e. The largest absolute Gasteiger partial charge is 0.394 e. The van der Waals surface area contributed by atoms with Crippen molar-refractivity contribution in [1.29, 1.82) is 0 Å². The van der Waals surface area contributed by atoms with E-state index in [0.717, 1.165) is 66.9 Å². The van der Waals surface area contributed by atoms with Gasteiger partial charge in [0.15, 0.2) is 11.3 Å². The monoisotopic (exact) mass is 842 g/mol. The van der Waals surface area contributed by atoms with Crippen molar-refractivity contribution in [3.8, 4) is 0 Å². The molecule has 2 fully saturated rings. The van der Waals surface area contributed by atoms with Crippen molar-refractivity contribution in [1.82, 2.24) is 39.2 Å². The third-order valence-electron chi connectivity index (χ3n) is 11.4. The Hall–Kier alpha value is -4.34. The molecule has 0 aromatic carbocycles. The Morgan fingerprint density at radius 2 is 1.60 bits per heavy atom. The van der Waals surface area contributed by atoms with Crippen molar-refractivity contribution < 1.29 is 5.11 Å². The molecule has 276 valence electrons. The van der Waals surface area contributed by atoms with Gasteiger partial charge in [0.1, 0.15) is 23.3 Å². The second kappa shape index (κ2) is 13.8. The zero-order valence-corrected chi connectivity index (χ0v) is 33.6. The molecule has 7 heterocycles. The number of aromatic nitrogens is 8. The Kier molecular flexibility index (Phi) is 9.30. The first-order valence-electron chi connectivity index (χ1n) is 18.0. The van der Waals surface area contributed by atoms with E-state index in [1.165, 1.54) is 6.42 Å². The molecule has 0 bridgehead atoms. The van der Waals surface area contributed by atoms with Crippen LogP contribution in [-0.2, 0) is 18.5 Å². The lowest BCUT2D eigenvalue weighted by atomic mass is 9.55. The summed E-state index contributed by atoms with van der Waals surface area (Å²) in [7, 11) is 0. The molecule has 8 rings (SSSR count). The molecule has 4 atom stereocenters. The standard InChI is InChI=1S/C38H44Br2N12O/c1-22(47-30-11-31(43-16-23-7-6-10-41-14-23)51-35(48-30)26(39)18-45-51)38(4,5)29-9-8-24(15-42-29)17-44-32-12-33(49-36-27(40)19-46-52(32)36)50-20-25-13-37(2,3)34(25)28(50)21-53/h6-12,14-15,18-19,22,25,28,34,43-44,53H,13,16-17,20-21H2,1-5H3,(H,47,48)/t22-,25?,28+,34-/m0/s1. The number of hydrogen-bond acceptors (Lipinski definition) is 11. The minimum absolute atomic E-state index is 0.0160. The summed E-state index contributed by atoms with van der Waals surface area (Å²) in [6.07, 6.45) is 10.2. The van der Waals surface area contributed by atoms with Crippen LogP contribution in [0.25, 0.3) is 11.3 Å². The highest BCUT2D eigenvalue weighted by atomic mass is 79.9. The number of fused-ring (bicyclic) bond motifs is 3. The summed E-state index contributed by atoms with van der Waals surface area (Å²) < 4.78 is 5.25. The van der Waals surface area contributed by atoms with Crippen LogP contribution in [-0.4, -0.2) is 69.5 Å². The van der Waals surface area contributed by atoms with E-state index < -0.39 is 0 Å². The molecule has 6 aromatic rings. The molecule has 1 saturated heterocycles. The summed E-state index contributed by atoms with van der Waals surface area (Å²) in [5.41, 5.74) is 4.42. The average molecular weight is 845 g/mol. The summed E-state index contributed by atoms with van der Waals surface area (Å²) in [6.45, 7) is 13.3. The molecule has 4 N–H and O–H groups in total. The molecule has 6 aromatic heterocycles. The molecule has 1 unspecified atom stereocenters. The van der Waals surface area contributed by atoms with Crippen LogP contribution >= 0.6 is 31.9 Å². The predicted octanol–water partition coefficient (Wildman–Crippen LogP) is 6.93. The first kappa shape index (κ1) is 35.7. The number of pyridine rings is 2. The highest BCUT2D eigenvalue weighted by molar-refractivity contribution is 9.11. The van der Waals surface area contributed by atoms with Crippen LogP contribution in [0.4, 0.5) is 23.3 Å². The number of nitrogens with one attached hydrogen (secondary N) is 3. The third kappa shape index (κ3) is 6.60.